The van der Waals surface area contributed by atoms with Gasteiger partial charge in [-0.3, -0.25) is 0 Å². The van der Waals surface area contributed by atoms with E-state index in [0.717, 1.165) is 0 Å². The molecular formula is C10H22N4O5. The highest BCUT2D eigenvalue weighted by atomic mass is 16.5. The van der Waals surface area contributed by atoms with E-state index >= 15 is 0 Å². The van der Waals surface area contributed by atoms with Crippen LogP contribution in [0.5, 0.6) is 0 Å². The molecule has 19 heavy (non-hydrogen) atoms. The molecule has 0 aromatic heterocycles. The van der Waals surface area contributed by atoms with Crippen LogP contribution in [0.1, 0.15) is 0 Å². The molecule has 0 atom stereocenters. The van der Waals surface area contributed by atoms with Gasteiger partial charge in [0.1, 0.15) is 0 Å². The second-order valence-electron chi connectivity index (χ2n) is 3.42. The van der Waals surface area contributed by atoms with E-state index in [9.17, 15) is 9.59 Å². The van der Waals surface area contributed by atoms with Crippen LogP contribution < -0.4 is 22.1 Å². The standard InChI is InChI=1S/C10H22N4O5/c11-9(15)13-1-3-17-5-7-19-8-6-18-4-2-14-10(12)16/h1-8H2,(H3,11,13,15)(H3,12,14,16). The molecule has 0 rings (SSSR count). The highest BCUT2D eigenvalue weighted by Gasteiger charge is 1.94. The molecule has 0 aromatic carbocycles. The number of rotatable bonds is 12. The Morgan fingerprint density at radius 2 is 1.00 bits per heavy atom. The lowest BCUT2D eigenvalue weighted by Gasteiger charge is -2.07. The van der Waals surface area contributed by atoms with Crippen LogP contribution in [0.2, 0.25) is 0 Å². The van der Waals surface area contributed by atoms with Gasteiger partial charge in [-0.2, -0.15) is 0 Å². The number of nitrogens with two attached hydrogens (primary N) is 2. The summed E-state index contributed by atoms with van der Waals surface area (Å²) < 4.78 is 15.5. The van der Waals surface area contributed by atoms with Gasteiger partial charge in [-0.1, -0.05) is 0 Å². The van der Waals surface area contributed by atoms with E-state index in [1.165, 1.54) is 0 Å². The highest BCUT2D eigenvalue weighted by Crippen LogP contribution is 1.80. The average molecular weight is 278 g/mol. The molecule has 0 aromatic rings. The molecule has 4 amide bonds. The van der Waals surface area contributed by atoms with E-state index in [2.05, 4.69) is 10.6 Å². The van der Waals surface area contributed by atoms with Gasteiger partial charge in [-0.25, -0.2) is 9.59 Å². The van der Waals surface area contributed by atoms with Crippen LogP contribution in [0.4, 0.5) is 9.59 Å². The van der Waals surface area contributed by atoms with Crippen LogP contribution in [0.15, 0.2) is 0 Å². The van der Waals surface area contributed by atoms with Gasteiger partial charge in [0.2, 0.25) is 0 Å². The molecule has 0 aliphatic carbocycles. The molecule has 6 N–H and O–H groups in total. The quantitative estimate of drug-likeness (QED) is 0.318. The number of carbonyl (C=O) groups is 2. The molecule has 0 bridgehead atoms. The summed E-state index contributed by atoms with van der Waals surface area (Å²) in [7, 11) is 0. The fraction of sp³-hybridized carbons (Fsp3) is 0.800. The number of urea groups is 2. The van der Waals surface area contributed by atoms with Crippen LogP contribution in [-0.2, 0) is 14.2 Å². The third-order valence-corrected chi connectivity index (χ3v) is 1.84. The van der Waals surface area contributed by atoms with Gasteiger partial charge in [-0.15, -0.1) is 0 Å². The van der Waals surface area contributed by atoms with Crippen LogP contribution in [0.3, 0.4) is 0 Å². The lowest BCUT2D eigenvalue weighted by molar-refractivity contribution is 0.0163. The summed E-state index contributed by atoms with van der Waals surface area (Å²) in [4.78, 5) is 20.6. The van der Waals surface area contributed by atoms with Gasteiger partial charge in [0, 0.05) is 13.1 Å². The van der Waals surface area contributed by atoms with E-state index < -0.39 is 12.1 Å². The SMILES string of the molecule is NC(=O)NCCOCCOCCOCCNC(N)=O. The van der Waals surface area contributed by atoms with Crippen molar-refractivity contribution in [3.05, 3.63) is 0 Å². The van der Waals surface area contributed by atoms with Crippen LogP contribution in [0.25, 0.3) is 0 Å². The molecule has 0 radical (unpaired) electrons. The Balaban J connectivity index is 2.99. The summed E-state index contributed by atoms with van der Waals surface area (Å²) in [6.45, 7) is 3.30. The van der Waals surface area contributed by atoms with Crippen molar-refractivity contribution in [2.24, 2.45) is 11.5 Å². The van der Waals surface area contributed by atoms with Crippen LogP contribution in [-0.4, -0.2) is 64.8 Å². The number of hydrogen-bond acceptors (Lipinski definition) is 5. The summed E-state index contributed by atoms with van der Waals surface area (Å²) >= 11 is 0. The molecule has 0 aliphatic heterocycles. The third kappa shape index (κ3) is 16.4. The monoisotopic (exact) mass is 278 g/mol. The van der Waals surface area contributed by atoms with E-state index in [-0.39, 0.29) is 0 Å². The molecule has 0 fully saturated rings. The summed E-state index contributed by atoms with van der Waals surface area (Å²) in [6, 6.07) is -1.13. The predicted molar refractivity (Wildman–Crippen MR) is 67.6 cm³/mol. The lowest BCUT2D eigenvalue weighted by atomic mass is 10.6. The van der Waals surface area contributed by atoms with Gasteiger partial charge >= 0.3 is 12.1 Å². The molecule has 0 saturated carbocycles. The Morgan fingerprint density at radius 1 is 0.684 bits per heavy atom. The predicted octanol–water partition coefficient (Wildman–Crippen LogP) is -1.63. The largest absolute Gasteiger partial charge is 0.377 e. The number of nitrogens with one attached hydrogen (secondary N) is 2. The van der Waals surface area contributed by atoms with Crippen molar-refractivity contribution in [1.82, 2.24) is 10.6 Å². The second-order valence-corrected chi connectivity index (χ2v) is 3.42. The Morgan fingerprint density at radius 3 is 1.32 bits per heavy atom. The number of primary amides is 2. The van der Waals surface area contributed by atoms with Gasteiger partial charge < -0.3 is 36.3 Å². The maximum absolute atomic E-state index is 10.3. The minimum Gasteiger partial charge on any atom is -0.377 e. The Bertz CT molecular complexity index is 228. The van der Waals surface area contributed by atoms with Crippen molar-refractivity contribution < 1.29 is 23.8 Å². The average Bonchev–Trinajstić information content (AvgIpc) is 2.34. The van der Waals surface area contributed by atoms with E-state index in [4.69, 9.17) is 25.7 Å². The number of amides is 4. The minimum absolute atomic E-state index is 0.380. The normalized spacial score (nSPS) is 10.1. The molecule has 0 aliphatic rings. The maximum atomic E-state index is 10.3. The van der Waals surface area contributed by atoms with Gasteiger partial charge in [0.05, 0.1) is 39.6 Å². The number of hydrogen-bond donors (Lipinski definition) is 4. The zero-order chi connectivity index (χ0) is 14.3. The molecule has 9 nitrogen and oxygen atoms in total. The summed E-state index contributed by atoms with van der Waals surface area (Å²) in [5.74, 6) is 0. The first-order chi connectivity index (χ1) is 9.13. The van der Waals surface area contributed by atoms with Gasteiger partial charge in [-0.05, 0) is 0 Å². The van der Waals surface area contributed by atoms with Crippen LogP contribution >= 0.6 is 0 Å². The van der Waals surface area contributed by atoms with Crippen LogP contribution in [0, 0.1) is 0 Å². The summed E-state index contributed by atoms with van der Waals surface area (Å²) in [5, 5.41) is 4.80. The van der Waals surface area contributed by atoms with E-state index in [1.54, 1.807) is 0 Å². The smallest absolute Gasteiger partial charge is 0.312 e. The highest BCUT2D eigenvalue weighted by molar-refractivity contribution is 5.71. The first-order valence-electron chi connectivity index (χ1n) is 5.92. The van der Waals surface area contributed by atoms with E-state index in [0.29, 0.717) is 52.7 Å². The molecule has 112 valence electrons. The first kappa shape index (κ1) is 17.4. The van der Waals surface area contributed by atoms with E-state index in [1.807, 2.05) is 0 Å². The summed E-state index contributed by atoms with van der Waals surface area (Å²) in [6.07, 6.45) is 0. The van der Waals surface area contributed by atoms with Crippen molar-refractivity contribution in [1.29, 1.82) is 0 Å². The Kier molecular flexibility index (Phi) is 11.8. The third-order valence-electron chi connectivity index (χ3n) is 1.84. The zero-order valence-corrected chi connectivity index (χ0v) is 10.9. The first-order valence-corrected chi connectivity index (χ1v) is 5.92. The minimum atomic E-state index is -0.567. The topological polar surface area (TPSA) is 138 Å². The molecule has 9 heteroatoms. The second kappa shape index (κ2) is 12.9. The summed E-state index contributed by atoms with van der Waals surface area (Å²) in [5.41, 5.74) is 9.73. The number of carbonyl (C=O) groups excluding carboxylic acids is 2. The Hall–Kier alpha value is -1.58. The molecular weight excluding hydrogens is 256 g/mol. The lowest BCUT2D eigenvalue weighted by Crippen LogP contribution is -2.32. The zero-order valence-electron chi connectivity index (χ0n) is 10.9. The van der Waals surface area contributed by atoms with Crippen molar-refractivity contribution in [3.63, 3.8) is 0 Å². The van der Waals surface area contributed by atoms with Gasteiger partial charge in [0.25, 0.3) is 0 Å². The fourth-order valence-electron chi connectivity index (χ4n) is 1.03. The maximum Gasteiger partial charge on any atom is 0.312 e. The number of ether oxygens (including phenoxy) is 3. The molecule has 0 heterocycles. The van der Waals surface area contributed by atoms with Gasteiger partial charge in [0.15, 0.2) is 0 Å². The Labute approximate surface area is 111 Å². The molecule has 0 saturated heterocycles. The van der Waals surface area contributed by atoms with Crippen molar-refractivity contribution >= 4 is 12.1 Å². The van der Waals surface area contributed by atoms with Crippen molar-refractivity contribution in [2.75, 3.05) is 52.7 Å². The molecule has 0 unspecified atom stereocenters. The van der Waals surface area contributed by atoms with Crippen molar-refractivity contribution in [2.45, 2.75) is 0 Å². The molecule has 0 spiro atoms. The fourth-order valence-corrected chi connectivity index (χ4v) is 1.03. The van der Waals surface area contributed by atoms with Crippen molar-refractivity contribution in [3.8, 4) is 0 Å².